The number of aryl methyl sites for hydroxylation is 1. The Labute approximate surface area is 113 Å². The number of methoxy groups -OCH3 is 1. The van der Waals surface area contributed by atoms with Gasteiger partial charge in [0.25, 0.3) is 0 Å². The maximum atomic E-state index is 6.23. The van der Waals surface area contributed by atoms with E-state index in [1.54, 1.807) is 7.11 Å². The summed E-state index contributed by atoms with van der Waals surface area (Å²) in [7, 11) is 1.68. The zero-order valence-electron chi connectivity index (χ0n) is 11.6. The Balaban J connectivity index is 1.97. The Morgan fingerprint density at radius 3 is 2.89 bits per heavy atom. The molecule has 0 radical (unpaired) electrons. The van der Waals surface area contributed by atoms with Gasteiger partial charge >= 0.3 is 0 Å². The van der Waals surface area contributed by atoms with Gasteiger partial charge in [-0.05, 0) is 37.8 Å². The van der Waals surface area contributed by atoms with Gasteiger partial charge in [0.05, 0.1) is 18.1 Å². The predicted octanol–water partition coefficient (Wildman–Crippen LogP) is 2.34. The number of fused-ring (bicyclic) bond motifs is 1. The third kappa shape index (κ3) is 2.32. The van der Waals surface area contributed by atoms with E-state index in [0.29, 0.717) is 5.92 Å². The lowest BCUT2D eigenvalue weighted by Crippen LogP contribution is -2.26. The van der Waals surface area contributed by atoms with Crippen LogP contribution in [0.15, 0.2) is 18.2 Å². The highest BCUT2D eigenvalue weighted by Gasteiger charge is 2.29. The Hall–Kier alpha value is -1.55. The summed E-state index contributed by atoms with van der Waals surface area (Å²) in [5.41, 5.74) is 8.40. The van der Waals surface area contributed by atoms with E-state index < -0.39 is 0 Å². The fourth-order valence-corrected chi connectivity index (χ4v) is 2.70. The Morgan fingerprint density at radius 2 is 2.26 bits per heavy atom. The monoisotopic (exact) mass is 259 g/mol. The normalized spacial score (nSPS) is 16.8. The molecular weight excluding hydrogens is 238 g/mol. The van der Waals surface area contributed by atoms with Crippen molar-refractivity contribution in [1.29, 1.82) is 0 Å². The topological polar surface area (TPSA) is 53.1 Å². The lowest BCUT2D eigenvalue weighted by atomic mass is 10.1. The lowest BCUT2D eigenvalue weighted by molar-refractivity contribution is 0.415. The number of hydrogen-bond acceptors (Lipinski definition) is 3. The number of imidazole rings is 1. The van der Waals surface area contributed by atoms with Gasteiger partial charge in [0.15, 0.2) is 0 Å². The van der Waals surface area contributed by atoms with Crippen molar-refractivity contribution in [2.75, 3.05) is 7.11 Å². The molecule has 0 bridgehead atoms. The van der Waals surface area contributed by atoms with Crippen molar-refractivity contribution in [2.45, 2.75) is 38.8 Å². The van der Waals surface area contributed by atoms with Crippen molar-refractivity contribution in [3.05, 3.63) is 24.0 Å². The molecule has 1 fully saturated rings. The van der Waals surface area contributed by atoms with Gasteiger partial charge < -0.3 is 15.0 Å². The van der Waals surface area contributed by atoms with E-state index in [-0.39, 0.29) is 6.04 Å². The Bertz CT molecular complexity index is 586. The van der Waals surface area contributed by atoms with Crippen LogP contribution in [0.3, 0.4) is 0 Å². The van der Waals surface area contributed by atoms with Gasteiger partial charge in [0.1, 0.15) is 11.6 Å². The van der Waals surface area contributed by atoms with Crippen LogP contribution >= 0.6 is 0 Å². The second kappa shape index (κ2) is 4.85. The molecule has 1 unspecified atom stereocenters. The molecule has 1 heterocycles. The van der Waals surface area contributed by atoms with Crippen molar-refractivity contribution in [1.82, 2.24) is 9.55 Å². The number of nitrogens with zero attached hydrogens (tertiary/aromatic N) is 2. The first-order chi connectivity index (χ1) is 9.22. The minimum absolute atomic E-state index is 0.254. The molecule has 1 aromatic carbocycles. The number of nitrogens with two attached hydrogens (primary N) is 1. The zero-order chi connectivity index (χ0) is 13.4. The second-order valence-electron chi connectivity index (χ2n) is 5.33. The van der Waals surface area contributed by atoms with Gasteiger partial charge in [-0.1, -0.05) is 0 Å². The fraction of sp³-hybridized carbons (Fsp3) is 0.533. The fourth-order valence-electron chi connectivity index (χ4n) is 2.70. The smallest absolute Gasteiger partial charge is 0.121 e. The van der Waals surface area contributed by atoms with Crippen LogP contribution in [0.2, 0.25) is 0 Å². The molecule has 0 saturated heterocycles. The molecule has 2 aromatic rings. The molecule has 102 valence electrons. The highest BCUT2D eigenvalue weighted by Crippen LogP contribution is 2.33. The van der Waals surface area contributed by atoms with Crippen LogP contribution in [0, 0.1) is 5.92 Å². The molecule has 0 spiro atoms. The summed E-state index contributed by atoms with van der Waals surface area (Å²) in [5, 5.41) is 0. The number of hydrogen-bond donors (Lipinski definition) is 1. The summed E-state index contributed by atoms with van der Waals surface area (Å²) in [6, 6.07) is 6.31. The van der Waals surface area contributed by atoms with Gasteiger partial charge in [-0.3, -0.25) is 0 Å². The van der Waals surface area contributed by atoms with Crippen LogP contribution in [0.1, 0.15) is 25.6 Å². The number of ether oxygens (including phenoxy) is 1. The maximum absolute atomic E-state index is 6.23. The molecule has 1 atom stereocenters. The maximum Gasteiger partial charge on any atom is 0.121 e. The molecule has 1 aromatic heterocycles. The predicted molar refractivity (Wildman–Crippen MR) is 76.4 cm³/mol. The molecule has 1 aliphatic carbocycles. The summed E-state index contributed by atoms with van der Waals surface area (Å²) in [5.74, 6) is 2.66. The first-order valence-electron chi connectivity index (χ1n) is 7.01. The standard InChI is InChI=1S/C15H21N3O/c1-3-18-14-7-6-11(19-2)8-13(14)17-15(18)9-12(16)10-4-5-10/h6-8,10,12H,3-5,9,16H2,1-2H3. The highest BCUT2D eigenvalue weighted by atomic mass is 16.5. The van der Waals surface area contributed by atoms with Crippen LogP contribution in [0.25, 0.3) is 11.0 Å². The molecule has 0 amide bonds. The Kier molecular flexibility index (Phi) is 3.19. The van der Waals surface area contributed by atoms with Crippen LogP contribution < -0.4 is 10.5 Å². The largest absolute Gasteiger partial charge is 0.497 e. The number of benzene rings is 1. The van der Waals surface area contributed by atoms with E-state index >= 15 is 0 Å². The molecule has 4 nitrogen and oxygen atoms in total. The summed E-state index contributed by atoms with van der Waals surface area (Å²) in [6.45, 7) is 3.08. The molecule has 1 saturated carbocycles. The van der Waals surface area contributed by atoms with Crippen molar-refractivity contribution in [3.63, 3.8) is 0 Å². The van der Waals surface area contributed by atoms with Gasteiger partial charge in [0.2, 0.25) is 0 Å². The molecular formula is C15H21N3O. The van der Waals surface area contributed by atoms with Crippen LogP contribution in [0.4, 0.5) is 0 Å². The van der Waals surface area contributed by atoms with Crippen molar-refractivity contribution in [2.24, 2.45) is 11.7 Å². The van der Waals surface area contributed by atoms with Gasteiger partial charge in [-0.25, -0.2) is 4.98 Å². The van der Waals surface area contributed by atoms with Crippen LogP contribution in [-0.2, 0) is 13.0 Å². The van der Waals surface area contributed by atoms with E-state index in [2.05, 4.69) is 17.6 Å². The summed E-state index contributed by atoms with van der Waals surface area (Å²) >= 11 is 0. The van der Waals surface area contributed by atoms with Crippen molar-refractivity contribution < 1.29 is 4.74 Å². The third-order valence-corrected chi connectivity index (χ3v) is 4.00. The summed E-state index contributed by atoms with van der Waals surface area (Å²) < 4.78 is 7.52. The van der Waals surface area contributed by atoms with Crippen molar-refractivity contribution >= 4 is 11.0 Å². The van der Waals surface area contributed by atoms with Crippen LogP contribution in [-0.4, -0.2) is 22.7 Å². The third-order valence-electron chi connectivity index (χ3n) is 4.00. The minimum atomic E-state index is 0.254. The Morgan fingerprint density at radius 1 is 1.47 bits per heavy atom. The van der Waals surface area contributed by atoms with Gasteiger partial charge in [-0.15, -0.1) is 0 Å². The van der Waals surface area contributed by atoms with E-state index in [4.69, 9.17) is 15.5 Å². The van der Waals surface area contributed by atoms with E-state index in [1.807, 2.05) is 12.1 Å². The summed E-state index contributed by atoms with van der Waals surface area (Å²) in [4.78, 5) is 4.75. The van der Waals surface area contributed by atoms with E-state index in [9.17, 15) is 0 Å². The molecule has 4 heteroatoms. The molecule has 19 heavy (non-hydrogen) atoms. The molecule has 0 aliphatic heterocycles. The highest BCUT2D eigenvalue weighted by molar-refractivity contribution is 5.77. The average molecular weight is 259 g/mol. The first kappa shape index (κ1) is 12.5. The summed E-state index contributed by atoms with van der Waals surface area (Å²) in [6.07, 6.45) is 3.43. The SMILES string of the molecule is CCn1c(CC(N)C2CC2)nc2cc(OC)ccc21. The minimum Gasteiger partial charge on any atom is -0.497 e. The van der Waals surface area contributed by atoms with E-state index in [1.165, 1.54) is 18.4 Å². The lowest BCUT2D eigenvalue weighted by Gasteiger charge is -2.11. The van der Waals surface area contributed by atoms with Crippen LogP contribution in [0.5, 0.6) is 5.75 Å². The molecule has 1 aliphatic rings. The number of aromatic nitrogens is 2. The van der Waals surface area contributed by atoms with Gasteiger partial charge in [0, 0.05) is 25.1 Å². The van der Waals surface area contributed by atoms with Gasteiger partial charge in [-0.2, -0.15) is 0 Å². The number of rotatable bonds is 5. The molecule has 3 rings (SSSR count). The van der Waals surface area contributed by atoms with E-state index in [0.717, 1.165) is 30.1 Å². The quantitative estimate of drug-likeness (QED) is 0.896. The first-order valence-corrected chi connectivity index (χ1v) is 7.01. The average Bonchev–Trinajstić information content (AvgIpc) is 3.20. The molecule has 2 N–H and O–H groups in total. The zero-order valence-corrected chi connectivity index (χ0v) is 11.6. The van der Waals surface area contributed by atoms with Crippen molar-refractivity contribution in [3.8, 4) is 5.75 Å². The second-order valence-corrected chi connectivity index (χ2v) is 5.33.